The Hall–Kier alpha value is -1.44. The van der Waals surface area contributed by atoms with E-state index in [0.717, 1.165) is 4.31 Å². The van der Waals surface area contributed by atoms with E-state index >= 15 is 0 Å². The summed E-state index contributed by atoms with van der Waals surface area (Å²) in [6.45, 7) is 2.86. The SMILES string of the molecule is CN(C(C)(C)CO)S(=O)(=O)c1ccc(C(=O)O)cc1. The van der Waals surface area contributed by atoms with Crippen LogP contribution < -0.4 is 0 Å². The van der Waals surface area contributed by atoms with Gasteiger partial charge in [0.1, 0.15) is 0 Å². The van der Waals surface area contributed by atoms with E-state index in [2.05, 4.69) is 0 Å². The average molecular weight is 287 g/mol. The van der Waals surface area contributed by atoms with E-state index in [1.165, 1.54) is 31.3 Å². The summed E-state index contributed by atoms with van der Waals surface area (Å²) < 4.78 is 25.6. The van der Waals surface area contributed by atoms with Gasteiger partial charge in [0.05, 0.1) is 22.6 Å². The highest BCUT2D eigenvalue weighted by atomic mass is 32.2. The van der Waals surface area contributed by atoms with Crippen molar-refractivity contribution in [2.75, 3.05) is 13.7 Å². The zero-order chi connectivity index (χ0) is 14.8. The van der Waals surface area contributed by atoms with Crippen molar-refractivity contribution in [1.82, 2.24) is 4.31 Å². The zero-order valence-electron chi connectivity index (χ0n) is 11.0. The Morgan fingerprint density at radius 2 is 1.74 bits per heavy atom. The van der Waals surface area contributed by atoms with Gasteiger partial charge in [0.25, 0.3) is 0 Å². The van der Waals surface area contributed by atoms with Crippen LogP contribution in [0.15, 0.2) is 29.2 Å². The quantitative estimate of drug-likeness (QED) is 0.834. The van der Waals surface area contributed by atoms with Crippen LogP contribution >= 0.6 is 0 Å². The third-order valence-corrected chi connectivity index (χ3v) is 5.08. The maximum atomic E-state index is 12.3. The second-order valence-corrected chi connectivity index (χ2v) is 6.74. The maximum absolute atomic E-state index is 12.3. The lowest BCUT2D eigenvalue weighted by Crippen LogP contribution is -2.47. The summed E-state index contributed by atoms with van der Waals surface area (Å²) in [4.78, 5) is 10.7. The van der Waals surface area contributed by atoms with Crippen molar-refractivity contribution in [1.29, 1.82) is 0 Å². The van der Waals surface area contributed by atoms with Crippen LogP contribution in [0.3, 0.4) is 0 Å². The van der Waals surface area contributed by atoms with E-state index < -0.39 is 21.5 Å². The molecule has 0 aliphatic rings. The molecule has 0 atom stereocenters. The summed E-state index contributed by atoms with van der Waals surface area (Å²) in [7, 11) is -2.40. The molecule has 19 heavy (non-hydrogen) atoms. The van der Waals surface area contributed by atoms with Crippen molar-refractivity contribution >= 4 is 16.0 Å². The minimum Gasteiger partial charge on any atom is -0.478 e. The second kappa shape index (κ2) is 5.28. The monoisotopic (exact) mass is 287 g/mol. The Kier molecular flexibility index (Phi) is 4.34. The first-order valence-electron chi connectivity index (χ1n) is 5.56. The third kappa shape index (κ3) is 3.12. The lowest BCUT2D eigenvalue weighted by molar-refractivity contribution is 0.0696. The Morgan fingerprint density at radius 1 is 1.26 bits per heavy atom. The first-order valence-corrected chi connectivity index (χ1v) is 7.00. The van der Waals surface area contributed by atoms with E-state index in [4.69, 9.17) is 5.11 Å². The molecule has 0 saturated heterocycles. The van der Waals surface area contributed by atoms with Gasteiger partial charge in [-0.1, -0.05) is 0 Å². The van der Waals surface area contributed by atoms with Gasteiger partial charge in [0.2, 0.25) is 10.0 Å². The molecule has 2 N–H and O–H groups in total. The molecular weight excluding hydrogens is 270 g/mol. The van der Waals surface area contributed by atoms with Crippen molar-refractivity contribution in [2.45, 2.75) is 24.3 Å². The number of hydrogen-bond donors (Lipinski definition) is 2. The van der Waals surface area contributed by atoms with Crippen molar-refractivity contribution < 1.29 is 23.4 Å². The van der Waals surface area contributed by atoms with Gasteiger partial charge in [-0.15, -0.1) is 0 Å². The number of aliphatic hydroxyl groups is 1. The summed E-state index contributed by atoms with van der Waals surface area (Å²) in [5.41, 5.74) is -0.923. The summed E-state index contributed by atoms with van der Waals surface area (Å²) in [6.07, 6.45) is 0. The molecule has 0 radical (unpaired) electrons. The lowest BCUT2D eigenvalue weighted by Gasteiger charge is -2.32. The van der Waals surface area contributed by atoms with Gasteiger partial charge in [-0.3, -0.25) is 0 Å². The Labute approximate surface area is 112 Å². The molecule has 0 aliphatic heterocycles. The number of aromatic carboxylic acids is 1. The van der Waals surface area contributed by atoms with Crippen LogP contribution in [0, 0.1) is 0 Å². The second-order valence-electron chi connectivity index (χ2n) is 4.77. The molecule has 0 bridgehead atoms. The number of aliphatic hydroxyl groups excluding tert-OH is 1. The molecule has 1 aromatic rings. The minimum atomic E-state index is -3.77. The Bertz CT molecular complexity index is 562. The highest BCUT2D eigenvalue weighted by molar-refractivity contribution is 7.89. The molecule has 0 fully saturated rings. The summed E-state index contributed by atoms with van der Waals surface area (Å²) in [6, 6.07) is 4.94. The third-order valence-electron chi connectivity index (χ3n) is 3.00. The van der Waals surface area contributed by atoms with Gasteiger partial charge in [0.15, 0.2) is 0 Å². The van der Waals surface area contributed by atoms with Crippen LogP contribution in [-0.2, 0) is 10.0 Å². The van der Waals surface area contributed by atoms with Crippen LogP contribution in [0.25, 0.3) is 0 Å². The van der Waals surface area contributed by atoms with Gasteiger partial charge in [0, 0.05) is 7.05 Å². The number of rotatable bonds is 5. The van der Waals surface area contributed by atoms with Crippen molar-refractivity contribution in [3.05, 3.63) is 29.8 Å². The number of likely N-dealkylation sites (N-methyl/N-ethyl adjacent to an activating group) is 1. The number of nitrogens with zero attached hydrogens (tertiary/aromatic N) is 1. The molecule has 106 valence electrons. The molecule has 0 aliphatic carbocycles. The highest BCUT2D eigenvalue weighted by Crippen LogP contribution is 2.22. The van der Waals surface area contributed by atoms with Gasteiger partial charge in [-0.2, -0.15) is 4.31 Å². The van der Waals surface area contributed by atoms with Gasteiger partial charge < -0.3 is 10.2 Å². The van der Waals surface area contributed by atoms with Crippen LogP contribution in [0.5, 0.6) is 0 Å². The average Bonchev–Trinajstić information content (AvgIpc) is 2.37. The molecule has 0 heterocycles. The molecule has 0 spiro atoms. The van der Waals surface area contributed by atoms with E-state index in [1.54, 1.807) is 13.8 Å². The number of benzene rings is 1. The standard InChI is InChI=1S/C12H17NO5S/c1-12(2,8-14)13(3)19(17,18)10-6-4-9(5-7-10)11(15)16/h4-7,14H,8H2,1-3H3,(H,15,16). The van der Waals surface area contributed by atoms with Crippen molar-refractivity contribution in [2.24, 2.45) is 0 Å². The predicted molar refractivity (Wildman–Crippen MR) is 69.5 cm³/mol. The largest absolute Gasteiger partial charge is 0.478 e. The first-order chi connectivity index (χ1) is 8.63. The number of hydrogen-bond acceptors (Lipinski definition) is 4. The fourth-order valence-corrected chi connectivity index (χ4v) is 2.86. The smallest absolute Gasteiger partial charge is 0.335 e. The number of carboxylic acid groups (broad SMARTS) is 1. The molecule has 6 nitrogen and oxygen atoms in total. The lowest BCUT2D eigenvalue weighted by atomic mass is 10.1. The van der Waals surface area contributed by atoms with Crippen LogP contribution in [-0.4, -0.2) is 48.1 Å². The topological polar surface area (TPSA) is 94.9 Å². The van der Waals surface area contributed by atoms with Gasteiger partial charge in [-0.05, 0) is 38.1 Å². The molecule has 0 amide bonds. The van der Waals surface area contributed by atoms with E-state index in [1.807, 2.05) is 0 Å². The van der Waals surface area contributed by atoms with Crippen LogP contribution in [0.4, 0.5) is 0 Å². The molecule has 1 rings (SSSR count). The molecule has 1 aromatic carbocycles. The molecule has 7 heteroatoms. The fourth-order valence-electron chi connectivity index (χ4n) is 1.35. The normalized spacial score (nSPS) is 12.7. The number of carboxylic acids is 1. The number of sulfonamides is 1. The zero-order valence-corrected chi connectivity index (χ0v) is 11.8. The van der Waals surface area contributed by atoms with Crippen LogP contribution in [0.1, 0.15) is 24.2 Å². The maximum Gasteiger partial charge on any atom is 0.335 e. The van der Waals surface area contributed by atoms with Crippen LogP contribution in [0.2, 0.25) is 0 Å². The molecule has 0 unspecified atom stereocenters. The first kappa shape index (κ1) is 15.6. The van der Waals surface area contributed by atoms with E-state index in [9.17, 15) is 18.3 Å². The summed E-state index contributed by atoms with van der Waals surface area (Å²) >= 11 is 0. The predicted octanol–water partition coefficient (Wildman–Crippen LogP) is 0.776. The van der Waals surface area contributed by atoms with E-state index in [0.29, 0.717) is 0 Å². The Balaban J connectivity index is 3.17. The highest BCUT2D eigenvalue weighted by Gasteiger charge is 2.33. The van der Waals surface area contributed by atoms with Gasteiger partial charge in [-0.25, -0.2) is 13.2 Å². The summed E-state index contributed by atoms with van der Waals surface area (Å²) in [5.74, 6) is -1.12. The molecular formula is C12H17NO5S. The molecule has 0 aromatic heterocycles. The number of carbonyl (C=O) groups is 1. The van der Waals surface area contributed by atoms with E-state index in [-0.39, 0.29) is 17.1 Å². The summed E-state index contributed by atoms with van der Waals surface area (Å²) in [5, 5.41) is 18.0. The Morgan fingerprint density at radius 3 is 2.11 bits per heavy atom. The minimum absolute atomic E-state index is 0.0125. The fraction of sp³-hybridized carbons (Fsp3) is 0.417. The van der Waals surface area contributed by atoms with Gasteiger partial charge >= 0.3 is 5.97 Å². The van der Waals surface area contributed by atoms with Crippen molar-refractivity contribution in [3.63, 3.8) is 0 Å². The molecule has 0 saturated carbocycles. The van der Waals surface area contributed by atoms with Crippen molar-refractivity contribution in [3.8, 4) is 0 Å².